The lowest BCUT2D eigenvalue weighted by atomic mass is 10.3. The molecule has 15 heavy (non-hydrogen) atoms. The highest BCUT2D eigenvalue weighted by molar-refractivity contribution is 5.79. The summed E-state index contributed by atoms with van der Waals surface area (Å²) in [6.45, 7) is 4.01. The molecule has 0 bridgehead atoms. The molecule has 0 aliphatic heterocycles. The number of primary amides is 1. The van der Waals surface area contributed by atoms with Gasteiger partial charge in [0.1, 0.15) is 11.6 Å². The molecule has 4 N–H and O–H groups in total. The fraction of sp³-hybridized carbons (Fsp3) is 0.444. The van der Waals surface area contributed by atoms with Crippen LogP contribution in [0.1, 0.15) is 13.8 Å². The van der Waals surface area contributed by atoms with E-state index in [9.17, 15) is 4.79 Å². The van der Waals surface area contributed by atoms with Crippen LogP contribution in [0.4, 0.5) is 11.6 Å². The Labute approximate surface area is 88.3 Å². The number of amides is 1. The topological polar surface area (TPSA) is 98.1 Å². The summed E-state index contributed by atoms with van der Waals surface area (Å²) in [5, 5.41) is 0. The number of carbonyl (C=O) groups is 1. The molecule has 6 nitrogen and oxygen atoms in total. The Balaban J connectivity index is 2.88. The fourth-order valence-electron chi connectivity index (χ4n) is 1.18. The third-order valence-electron chi connectivity index (χ3n) is 1.90. The Morgan fingerprint density at radius 2 is 2.13 bits per heavy atom. The first-order chi connectivity index (χ1) is 7.00. The summed E-state index contributed by atoms with van der Waals surface area (Å²) >= 11 is 0. The predicted octanol–water partition coefficient (Wildman–Crippen LogP) is -0.241. The number of aromatic nitrogens is 2. The average molecular weight is 209 g/mol. The minimum Gasteiger partial charge on any atom is -0.382 e. The molecule has 0 aliphatic carbocycles. The van der Waals surface area contributed by atoms with Crippen LogP contribution >= 0.6 is 0 Å². The Bertz CT molecular complexity index is 335. The molecule has 1 rings (SSSR count). The Kier molecular flexibility index (Phi) is 3.43. The molecule has 0 unspecified atom stereocenters. The molecule has 0 atom stereocenters. The second kappa shape index (κ2) is 4.59. The van der Waals surface area contributed by atoms with E-state index in [1.54, 1.807) is 4.90 Å². The number of carbonyl (C=O) groups excluding carboxylic acids is 1. The van der Waals surface area contributed by atoms with E-state index in [1.807, 2.05) is 13.8 Å². The van der Waals surface area contributed by atoms with Crippen molar-refractivity contribution in [3.05, 3.63) is 12.4 Å². The standard InChI is InChI=1S/C9H15N5O/c1-6(2)14(5-8(11)15)9-4-12-7(10)3-13-9/h3-4,6H,5H2,1-2H3,(H2,10,12)(H2,11,15). The van der Waals surface area contributed by atoms with Gasteiger partial charge in [0.15, 0.2) is 0 Å². The van der Waals surface area contributed by atoms with Crippen molar-refractivity contribution >= 4 is 17.5 Å². The monoisotopic (exact) mass is 209 g/mol. The van der Waals surface area contributed by atoms with E-state index in [1.165, 1.54) is 12.4 Å². The van der Waals surface area contributed by atoms with Crippen molar-refractivity contribution in [1.29, 1.82) is 0 Å². The highest BCUT2D eigenvalue weighted by atomic mass is 16.1. The largest absolute Gasteiger partial charge is 0.382 e. The zero-order valence-electron chi connectivity index (χ0n) is 8.84. The molecule has 1 heterocycles. The van der Waals surface area contributed by atoms with Gasteiger partial charge >= 0.3 is 0 Å². The van der Waals surface area contributed by atoms with Crippen molar-refractivity contribution in [3.8, 4) is 0 Å². The lowest BCUT2D eigenvalue weighted by molar-refractivity contribution is -0.116. The maximum Gasteiger partial charge on any atom is 0.237 e. The summed E-state index contributed by atoms with van der Waals surface area (Å²) in [7, 11) is 0. The van der Waals surface area contributed by atoms with Gasteiger partial charge in [-0.25, -0.2) is 9.97 Å². The first-order valence-electron chi connectivity index (χ1n) is 4.63. The lowest BCUT2D eigenvalue weighted by Crippen LogP contribution is -2.39. The van der Waals surface area contributed by atoms with Crippen molar-refractivity contribution in [2.75, 3.05) is 17.2 Å². The minimum atomic E-state index is -0.401. The Hall–Kier alpha value is -1.85. The summed E-state index contributed by atoms with van der Waals surface area (Å²) in [5.41, 5.74) is 10.6. The highest BCUT2D eigenvalue weighted by Gasteiger charge is 2.14. The van der Waals surface area contributed by atoms with Crippen LogP contribution in [-0.2, 0) is 4.79 Å². The van der Waals surface area contributed by atoms with Gasteiger partial charge in [0.2, 0.25) is 5.91 Å². The maximum absolute atomic E-state index is 10.9. The van der Waals surface area contributed by atoms with Crippen LogP contribution in [0.25, 0.3) is 0 Å². The van der Waals surface area contributed by atoms with Crippen molar-refractivity contribution < 1.29 is 4.79 Å². The van der Waals surface area contributed by atoms with Crippen LogP contribution in [0.3, 0.4) is 0 Å². The quantitative estimate of drug-likeness (QED) is 0.713. The molecule has 82 valence electrons. The molecule has 0 spiro atoms. The zero-order valence-corrected chi connectivity index (χ0v) is 8.84. The highest BCUT2D eigenvalue weighted by Crippen LogP contribution is 2.12. The molecule has 0 aromatic carbocycles. The van der Waals surface area contributed by atoms with E-state index in [4.69, 9.17) is 11.5 Å². The zero-order chi connectivity index (χ0) is 11.4. The number of nitrogens with two attached hydrogens (primary N) is 2. The van der Waals surface area contributed by atoms with Crippen molar-refractivity contribution in [1.82, 2.24) is 9.97 Å². The summed E-state index contributed by atoms with van der Waals surface area (Å²) in [4.78, 5) is 20.6. The lowest BCUT2D eigenvalue weighted by Gasteiger charge is -2.25. The number of rotatable bonds is 4. The van der Waals surface area contributed by atoms with Gasteiger partial charge in [0.05, 0.1) is 18.9 Å². The number of hydrogen-bond acceptors (Lipinski definition) is 5. The molecular weight excluding hydrogens is 194 g/mol. The van der Waals surface area contributed by atoms with Gasteiger partial charge < -0.3 is 16.4 Å². The Morgan fingerprint density at radius 3 is 2.53 bits per heavy atom. The SMILES string of the molecule is CC(C)N(CC(N)=O)c1cnc(N)cn1. The van der Waals surface area contributed by atoms with Gasteiger partial charge in [-0.05, 0) is 13.8 Å². The van der Waals surface area contributed by atoms with Gasteiger partial charge in [-0.3, -0.25) is 4.79 Å². The van der Waals surface area contributed by atoms with E-state index >= 15 is 0 Å². The van der Waals surface area contributed by atoms with Gasteiger partial charge in [0, 0.05) is 6.04 Å². The molecule has 1 amide bonds. The second-order valence-electron chi connectivity index (χ2n) is 3.49. The van der Waals surface area contributed by atoms with Crippen LogP contribution < -0.4 is 16.4 Å². The van der Waals surface area contributed by atoms with E-state index < -0.39 is 5.91 Å². The molecule has 6 heteroatoms. The first-order valence-corrected chi connectivity index (χ1v) is 4.63. The van der Waals surface area contributed by atoms with Crippen LogP contribution in [0, 0.1) is 0 Å². The van der Waals surface area contributed by atoms with Crippen molar-refractivity contribution in [3.63, 3.8) is 0 Å². The van der Waals surface area contributed by atoms with Gasteiger partial charge in [-0.2, -0.15) is 0 Å². The number of nitrogens with zero attached hydrogens (tertiary/aromatic N) is 3. The van der Waals surface area contributed by atoms with E-state index in [-0.39, 0.29) is 12.6 Å². The summed E-state index contributed by atoms with van der Waals surface area (Å²) in [6.07, 6.45) is 2.98. The molecular formula is C9H15N5O. The molecule has 0 radical (unpaired) electrons. The summed E-state index contributed by atoms with van der Waals surface area (Å²) in [6, 6.07) is 0.121. The van der Waals surface area contributed by atoms with E-state index in [0.29, 0.717) is 11.6 Å². The normalized spacial score (nSPS) is 10.3. The molecule has 1 aromatic heterocycles. The average Bonchev–Trinajstić information content (AvgIpc) is 2.15. The molecule has 0 saturated heterocycles. The van der Waals surface area contributed by atoms with Crippen molar-refractivity contribution in [2.45, 2.75) is 19.9 Å². The van der Waals surface area contributed by atoms with E-state index in [0.717, 1.165) is 0 Å². The second-order valence-corrected chi connectivity index (χ2v) is 3.49. The number of hydrogen-bond donors (Lipinski definition) is 2. The van der Waals surface area contributed by atoms with Crippen LogP contribution in [0.5, 0.6) is 0 Å². The maximum atomic E-state index is 10.9. The molecule has 1 aromatic rings. The third-order valence-corrected chi connectivity index (χ3v) is 1.90. The van der Waals surface area contributed by atoms with Crippen molar-refractivity contribution in [2.24, 2.45) is 5.73 Å². The number of nitrogen functional groups attached to an aromatic ring is 1. The van der Waals surface area contributed by atoms with Crippen LogP contribution in [0.2, 0.25) is 0 Å². The molecule has 0 aliphatic rings. The molecule has 0 saturated carbocycles. The van der Waals surface area contributed by atoms with Gasteiger partial charge in [0.25, 0.3) is 0 Å². The smallest absolute Gasteiger partial charge is 0.237 e. The molecule has 0 fully saturated rings. The summed E-state index contributed by atoms with van der Waals surface area (Å²) in [5.74, 6) is 0.543. The first kappa shape index (κ1) is 11.2. The van der Waals surface area contributed by atoms with Gasteiger partial charge in [-0.15, -0.1) is 0 Å². The third kappa shape index (κ3) is 3.08. The number of anilines is 2. The van der Waals surface area contributed by atoms with Crippen LogP contribution in [-0.4, -0.2) is 28.5 Å². The minimum absolute atomic E-state index is 0.121. The predicted molar refractivity (Wildman–Crippen MR) is 58.1 cm³/mol. The van der Waals surface area contributed by atoms with Crippen LogP contribution in [0.15, 0.2) is 12.4 Å². The van der Waals surface area contributed by atoms with Gasteiger partial charge in [-0.1, -0.05) is 0 Å². The summed E-state index contributed by atoms with van der Waals surface area (Å²) < 4.78 is 0. The fourth-order valence-corrected chi connectivity index (χ4v) is 1.18. The Morgan fingerprint density at radius 1 is 1.47 bits per heavy atom. The van der Waals surface area contributed by atoms with E-state index in [2.05, 4.69) is 9.97 Å².